The number of rotatable bonds is 10. The summed E-state index contributed by atoms with van der Waals surface area (Å²) in [7, 11) is 1.61. The van der Waals surface area contributed by atoms with Gasteiger partial charge in [-0.1, -0.05) is 5.16 Å². The molecule has 7 heteroatoms. The van der Waals surface area contributed by atoms with Crippen LogP contribution in [0.5, 0.6) is 5.75 Å². The van der Waals surface area contributed by atoms with E-state index in [-0.39, 0.29) is 5.91 Å². The predicted octanol–water partition coefficient (Wildman–Crippen LogP) is 2.22. The summed E-state index contributed by atoms with van der Waals surface area (Å²) in [5, 5.41) is 6.78. The van der Waals surface area contributed by atoms with Crippen LogP contribution in [0.3, 0.4) is 0 Å². The van der Waals surface area contributed by atoms with E-state index < -0.39 is 0 Å². The van der Waals surface area contributed by atoms with Crippen molar-refractivity contribution >= 4 is 5.91 Å². The molecule has 0 saturated heterocycles. The maximum atomic E-state index is 11.7. The highest BCUT2D eigenvalue weighted by molar-refractivity contribution is 5.75. The highest BCUT2D eigenvalue weighted by Crippen LogP contribution is 2.19. The van der Waals surface area contributed by atoms with Gasteiger partial charge in [0.1, 0.15) is 5.75 Å². The average Bonchev–Trinajstić information content (AvgIpc) is 3.09. The van der Waals surface area contributed by atoms with Crippen LogP contribution >= 0.6 is 0 Å². The zero-order chi connectivity index (χ0) is 17.2. The standard InChI is InChI=1S/C17H23N3O4/c1-3-23-12-4-11-18-15(21)9-10-16-19-17(20-24-16)13-5-7-14(22-2)8-6-13/h5-8H,3-4,9-12H2,1-2H3,(H,18,21). The zero-order valence-corrected chi connectivity index (χ0v) is 14.1. The number of aromatic nitrogens is 2. The van der Waals surface area contributed by atoms with Crippen molar-refractivity contribution in [1.29, 1.82) is 0 Å². The fraction of sp³-hybridized carbons (Fsp3) is 0.471. The van der Waals surface area contributed by atoms with Crippen LogP contribution in [0.2, 0.25) is 0 Å². The normalized spacial score (nSPS) is 10.6. The van der Waals surface area contributed by atoms with E-state index in [1.807, 2.05) is 31.2 Å². The number of amides is 1. The summed E-state index contributed by atoms with van der Waals surface area (Å²) in [4.78, 5) is 16.1. The molecule has 0 aliphatic carbocycles. The van der Waals surface area contributed by atoms with Gasteiger partial charge in [-0.3, -0.25) is 4.79 Å². The summed E-state index contributed by atoms with van der Waals surface area (Å²) in [6.45, 7) is 3.91. The minimum Gasteiger partial charge on any atom is -0.497 e. The second-order valence-corrected chi connectivity index (χ2v) is 5.14. The fourth-order valence-corrected chi connectivity index (χ4v) is 2.07. The molecular weight excluding hydrogens is 310 g/mol. The minimum atomic E-state index is -0.0318. The van der Waals surface area contributed by atoms with Gasteiger partial charge in [-0.05, 0) is 37.6 Å². The highest BCUT2D eigenvalue weighted by atomic mass is 16.5. The summed E-state index contributed by atoms with van der Waals surface area (Å²) >= 11 is 0. The van der Waals surface area contributed by atoms with E-state index in [9.17, 15) is 4.79 Å². The van der Waals surface area contributed by atoms with Gasteiger partial charge in [0.05, 0.1) is 7.11 Å². The number of aryl methyl sites for hydroxylation is 1. The molecule has 1 N–H and O–H groups in total. The number of hydrogen-bond donors (Lipinski definition) is 1. The quantitative estimate of drug-likeness (QED) is 0.671. The number of methoxy groups -OCH3 is 1. The van der Waals surface area contributed by atoms with Gasteiger partial charge < -0.3 is 19.3 Å². The maximum Gasteiger partial charge on any atom is 0.227 e. The molecule has 0 radical (unpaired) electrons. The number of carbonyl (C=O) groups excluding carboxylic acids is 1. The summed E-state index contributed by atoms with van der Waals surface area (Å²) in [6.07, 6.45) is 1.54. The molecule has 1 aromatic heterocycles. The zero-order valence-electron chi connectivity index (χ0n) is 14.1. The smallest absolute Gasteiger partial charge is 0.227 e. The van der Waals surface area contributed by atoms with Gasteiger partial charge in [0, 0.05) is 38.2 Å². The van der Waals surface area contributed by atoms with Crippen LogP contribution in [0, 0.1) is 0 Å². The molecule has 1 amide bonds. The van der Waals surface area contributed by atoms with E-state index in [0.717, 1.165) is 17.7 Å². The Bertz CT molecular complexity index is 625. The van der Waals surface area contributed by atoms with Crippen molar-refractivity contribution in [2.24, 2.45) is 0 Å². The second kappa shape index (κ2) is 9.67. The van der Waals surface area contributed by atoms with Crippen LogP contribution in [0.4, 0.5) is 0 Å². The van der Waals surface area contributed by atoms with Crippen molar-refractivity contribution < 1.29 is 18.8 Å². The number of nitrogens with zero attached hydrogens (tertiary/aromatic N) is 2. The Kier molecular flexibility index (Phi) is 7.22. The van der Waals surface area contributed by atoms with Crippen molar-refractivity contribution in [1.82, 2.24) is 15.5 Å². The number of benzene rings is 1. The molecule has 0 fully saturated rings. The SMILES string of the molecule is CCOCCCNC(=O)CCc1nc(-c2ccc(OC)cc2)no1. The van der Waals surface area contributed by atoms with Crippen LogP contribution in [0.15, 0.2) is 28.8 Å². The monoisotopic (exact) mass is 333 g/mol. The number of hydrogen-bond acceptors (Lipinski definition) is 6. The predicted molar refractivity (Wildman–Crippen MR) is 88.7 cm³/mol. The van der Waals surface area contributed by atoms with Gasteiger partial charge in [-0.25, -0.2) is 0 Å². The molecule has 0 spiro atoms. The lowest BCUT2D eigenvalue weighted by Gasteiger charge is -2.04. The van der Waals surface area contributed by atoms with Crippen LogP contribution in [-0.2, 0) is 16.0 Å². The summed E-state index contributed by atoms with van der Waals surface area (Å²) < 4.78 is 15.5. The lowest BCUT2D eigenvalue weighted by Crippen LogP contribution is -2.25. The van der Waals surface area contributed by atoms with E-state index in [1.165, 1.54) is 0 Å². The highest BCUT2D eigenvalue weighted by Gasteiger charge is 2.10. The molecule has 0 saturated carbocycles. The van der Waals surface area contributed by atoms with Gasteiger partial charge in [0.2, 0.25) is 17.6 Å². The summed E-state index contributed by atoms with van der Waals surface area (Å²) in [5.74, 6) is 1.69. The molecule has 0 bridgehead atoms. The van der Waals surface area contributed by atoms with Crippen molar-refractivity contribution in [2.45, 2.75) is 26.2 Å². The second-order valence-electron chi connectivity index (χ2n) is 5.14. The Labute approximate surface area is 141 Å². The van der Waals surface area contributed by atoms with Crippen LogP contribution in [-0.4, -0.2) is 42.9 Å². The fourth-order valence-electron chi connectivity index (χ4n) is 2.07. The van der Waals surface area contributed by atoms with Gasteiger partial charge in [-0.15, -0.1) is 0 Å². The molecule has 0 aliphatic rings. The Morgan fingerprint density at radius 1 is 1.29 bits per heavy atom. The van der Waals surface area contributed by atoms with E-state index in [4.69, 9.17) is 14.0 Å². The van der Waals surface area contributed by atoms with E-state index in [1.54, 1.807) is 7.11 Å². The molecule has 2 rings (SSSR count). The van der Waals surface area contributed by atoms with Gasteiger partial charge >= 0.3 is 0 Å². The Morgan fingerprint density at radius 3 is 2.79 bits per heavy atom. The first-order valence-electron chi connectivity index (χ1n) is 8.04. The molecule has 130 valence electrons. The van der Waals surface area contributed by atoms with E-state index >= 15 is 0 Å². The van der Waals surface area contributed by atoms with Crippen LogP contribution in [0.1, 0.15) is 25.7 Å². The molecule has 7 nitrogen and oxygen atoms in total. The largest absolute Gasteiger partial charge is 0.497 e. The Balaban J connectivity index is 1.75. The molecule has 0 unspecified atom stereocenters. The topological polar surface area (TPSA) is 86.5 Å². The molecule has 0 aliphatic heterocycles. The average molecular weight is 333 g/mol. The van der Waals surface area contributed by atoms with Crippen molar-refractivity contribution in [3.63, 3.8) is 0 Å². The lowest BCUT2D eigenvalue weighted by molar-refractivity contribution is -0.121. The van der Waals surface area contributed by atoms with Gasteiger partial charge in [0.25, 0.3) is 0 Å². The van der Waals surface area contributed by atoms with Crippen LogP contribution < -0.4 is 10.1 Å². The molecule has 24 heavy (non-hydrogen) atoms. The van der Waals surface area contributed by atoms with Gasteiger partial charge in [-0.2, -0.15) is 4.98 Å². The van der Waals surface area contributed by atoms with Crippen molar-refractivity contribution in [3.8, 4) is 17.1 Å². The van der Waals surface area contributed by atoms with Crippen molar-refractivity contribution in [2.75, 3.05) is 26.9 Å². The Hall–Kier alpha value is -2.41. The number of nitrogens with one attached hydrogen (secondary N) is 1. The Morgan fingerprint density at radius 2 is 2.08 bits per heavy atom. The molecule has 1 aromatic carbocycles. The number of carbonyl (C=O) groups is 1. The minimum absolute atomic E-state index is 0.0318. The summed E-state index contributed by atoms with van der Waals surface area (Å²) in [5.41, 5.74) is 0.839. The van der Waals surface area contributed by atoms with Crippen molar-refractivity contribution in [3.05, 3.63) is 30.2 Å². The lowest BCUT2D eigenvalue weighted by atomic mass is 10.2. The molecular formula is C17H23N3O4. The maximum absolute atomic E-state index is 11.7. The van der Waals surface area contributed by atoms with E-state index in [2.05, 4.69) is 15.5 Å². The first-order chi connectivity index (χ1) is 11.7. The van der Waals surface area contributed by atoms with E-state index in [0.29, 0.717) is 44.3 Å². The summed E-state index contributed by atoms with van der Waals surface area (Å²) in [6, 6.07) is 7.39. The third-order valence-electron chi connectivity index (χ3n) is 3.37. The molecule has 0 atom stereocenters. The molecule has 1 heterocycles. The molecule has 2 aromatic rings. The number of ether oxygens (including phenoxy) is 2. The first kappa shape index (κ1) is 17.9. The van der Waals surface area contributed by atoms with Gasteiger partial charge in [0.15, 0.2) is 0 Å². The third kappa shape index (κ3) is 5.66. The third-order valence-corrected chi connectivity index (χ3v) is 3.37. The first-order valence-corrected chi connectivity index (χ1v) is 8.04. The van der Waals surface area contributed by atoms with Crippen LogP contribution in [0.25, 0.3) is 11.4 Å².